The Labute approximate surface area is 217 Å². The van der Waals surface area contributed by atoms with Gasteiger partial charge in [-0.25, -0.2) is 0 Å². The number of amides is 1. The van der Waals surface area contributed by atoms with Crippen molar-refractivity contribution in [2.75, 3.05) is 31.1 Å². The van der Waals surface area contributed by atoms with Gasteiger partial charge in [0.15, 0.2) is 0 Å². The van der Waals surface area contributed by atoms with E-state index in [-0.39, 0.29) is 18.3 Å². The Hall–Kier alpha value is -2.79. The number of anilines is 1. The predicted octanol–water partition coefficient (Wildman–Crippen LogP) is 6.59. The van der Waals surface area contributed by atoms with Crippen molar-refractivity contribution in [3.63, 3.8) is 0 Å². The van der Waals surface area contributed by atoms with Crippen molar-refractivity contribution in [3.8, 4) is 11.1 Å². The van der Waals surface area contributed by atoms with E-state index in [9.17, 15) is 4.79 Å². The fourth-order valence-corrected chi connectivity index (χ4v) is 5.48. The molecule has 1 fully saturated rings. The lowest BCUT2D eigenvalue weighted by Crippen LogP contribution is -2.44. The van der Waals surface area contributed by atoms with E-state index in [4.69, 9.17) is 17.3 Å². The van der Waals surface area contributed by atoms with Gasteiger partial charge in [-0.15, -0.1) is 12.4 Å². The average Bonchev–Trinajstić information content (AvgIpc) is 2.86. The quantitative estimate of drug-likeness (QED) is 0.289. The van der Waals surface area contributed by atoms with Gasteiger partial charge in [-0.2, -0.15) is 0 Å². The molecule has 0 spiro atoms. The van der Waals surface area contributed by atoms with Crippen LogP contribution in [0.5, 0.6) is 0 Å². The number of halogens is 2. The number of carbonyl (C=O) groups is 1. The first-order valence-corrected chi connectivity index (χ1v) is 12.5. The van der Waals surface area contributed by atoms with Crippen LogP contribution in [0.4, 0.5) is 5.69 Å². The second-order valence-electron chi connectivity index (χ2n) is 9.01. The number of nitrogens with one attached hydrogen (secondary N) is 1. The van der Waals surface area contributed by atoms with E-state index < -0.39 is 0 Å². The zero-order valence-corrected chi connectivity index (χ0v) is 21.5. The van der Waals surface area contributed by atoms with Gasteiger partial charge in [-0.1, -0.05) is 67.4 Å². The molecule has 3 N–H and O–H groups in total. The Bertz CT molecular complexity index is 1380. The Morgan fingerprint density at radius 1 is 1.00 bits per heavy atom. The molecule has 1 saturated heterocycles. The van der Waals surface area contributed by atoms with Crippen LogP contribution in [0.15, 0.2) is 60.7 Å². The molecule has 4 aromatic rings. The summed E-state index contributed by atoms with van der Waals surface area (Å²) in [4.78, 5) is 15.5. The van der Waals surface area contributed by atoms with E-state index in [0.717, 1.165) is 84.0 Å². The van der Waals surface area contributed by atoms with E-state index >= 15 is 0 Å². The summed E-state index contributed by atoms with van der Waals surface area (Å²) in [6.07, 6.45) is 2.85. The lowest BCUT2D eigenvalue weighted by molar-refractivity contribution is 0.1000. The van der Waals surface area contributed by atoms with Crippen LogP contribution in [0.25, 0.3) is 32.7 Å². The van der Waals surface area contributed by atoms with Crippen LogP contribution in [-0.4, -0.2) is 32.1 Å². The number of carbonyl (C=O) groups excluding carboxylic acids is 1. The number of unbranched alkanes of at least 4 members (excludes halogenated alkanes) is 1. The second kappa shape index (κ2) is 10.9. The van der Waals surface area contributed by atoms with Crippen molar-refractivity contribution in [2.45, 2.75) is 26.2 Å². The number of nitrogens with two attached hydrogens (primary N) is 1. The maximum Gasteiger partial charge on any atom is 0.251 e. The molecule has 0 radical (unpaired) electrons. The van der Waals surface area contributed by atoms with Crippen LogP contribution >= 0.6 is 24.0 Å². The highest BCUT2D eigenvalue weighted by Crippen LogP contribution is 2.46. The molecule has 6 heteroatoms. The lowest BCUT2D eigenvalue weighted by Gasteiger charge is -2.34. The maximum absolute atomic E-state index is 13.2. The Morgan fingerprint density at radius 3 is 2.26 bits per heavy atom. The van der Waals surface area contributed by atoms with Gasteiger partial charge in [-0.3, -0.25) is 4.79 Å². The van der Waals surface area contributed by atoms with Gasteiger partial charge in [0, 0.05) is 42.3 Å². The molecular formula is C29H31Cl2N3O. The summed E-state index contributed by atoms with van der Waals surface area (Å²) in [6.45, 7) is 5.52. The monoisotopic (exact) mass is 507 g/mol. The van der Waals surface area contributed by atoms with E-state index in [1.165, 1.54) is 5.39 Å². The SMILES string of the molecule is CCCCc1c(C(N)=O)c(N2CCNCC2)c(-c2ccccc2Cl)c2cc3ccccc3cc12.Cl. The molecule has 4 aromatic carbocycles. The van der Waals surface area contributed by atoms with Crippen LogP contribution in [-0.2, 0) is 6.42 Å². The first-order chi connectivity index (χ1) is 16.6. The topological polar surface area (TPSA) is 58.4 Å². The lowest BCUT2D eigenvalue weighted by atomic mass is 9.85. The van der Waals surface area contributed by atoms with Crippen molar-refractivity contribution < 1.29 is 4.79 Å². The third-order valence-corrected chi connectivity index (χ3v) is 7.19. The number of benzene rings is 4. The van der Waals surface area contributed by atoms with E-state index in [1.807, 2.05) is 18.2 Å². The van der Waals surface area contributed by atoms with Gasteiger partial charge in [0.25, 0.3) is 5.91 Å². The van der Waals surface area contributed by atoms with Gasteiger partial charge in [0.1, 0.15) is 0 Å². The molecule has 0 aliphatic carbocycles. The number of piperazine rings is 1. The molecule has 0 atom stereocenters. The molecule has 35 heavy (non-hydrogen) atoms. The van der Waals surface area contributed by atoms with Crippen molar-refractivity contribution in [2.24, 2.45) is 5.73 Å². The Morgan fingerprint density at radius 2 is 1.63 bits per heavy atom. The summed E-state index contributed by atoms with van der Waals surface area (Å²) in [5.74, 6) is -0.372. The third kappa shape index (κ3) is 4.71. The normalized spacial score (nSPS) is 13.7. The molecule has 5 rings (SSSR count). The zero-order chi connectivity index (χ0) is 23.7. The van der Waals surface area contributed by atoms with Crippen LogP contribution < -0.4 is 16.0 Å². The Balaban J connectivity index is 0.00000289. The molecule has 0 unspecified atom stereocenters. The molecule has 0 saturated carbocycles. The molecule has 1 heterocycles. The van der Waals surface area contributed by atoms with E-state index in [2.05, 4.69) is 59.6 Å². The average molecular weight is 508 g/mol. The third-order valence-electron chi connectivity index (χ3n) is 6.86. The maximum atomic E-state index is 13.2. The van der Waals surface area contributed by atoms with Crippen molar-refractivity contribution in [1.82, 2.24) is 5.32 Å². The number of aryl methyl sites for hydroxylation is 1. The smallest absolute Gasteiger partial charge is 0.251 e. The largest absolute Gasteiger partial charge is 0.368 e. The molecule has 0 aromatic heterocycles. The van der Waals surface area contributed by atoms with Crippen LogP contribution in [0, 0.1) is 0 Å². The summed E-state index contributed by atoms with van der Waals surface area (Å²) >= 11 is 6.80. The highest BCUT2D eigenvalue weighted by molar-refractivity contribution is 6.34. The van der Waals surface area contributed by atoms with Gasteiger partial charge in [0.2, 0.25) is 0 Å². The van der Waals surface area contributed by atoms with Crippen molar-refractivity contribution in [1.29, 1.82) is 0 Å². The molecule has 1 aliphatic rings. The predicted molar refractivity (Wildman–Crippen MR) is 151 cm³/mol. The summed E-state index contributed by atoms with van der Waals surface area (Å²) in [7, 11) is 0. The standard InChI is InChI=1S/C29H30ClN3O.ClH/c1-2-3-10-21-23-17-19-8-4-5-9-20(19)18-24(23)26(22-11-6-7-12-25(22)30)28(27(21)29(31)34)33-15-13-32-14-16-33;/h4-9,11-12,17-18,32H,2-3,10,13-16H2,1H3,(H2,31,34);1H. The van der Waals surface area contributed by atoms with Crippen LogP contribution in [0.3, 0.4) is 0 Å². The number of rotatable bonds is 6. The summed E-state index contributed by atoms with van der Waals surface area (Å²) in [6, 6.07) is 20.8. The first kappa shape index (κ1) is 25.3. The summed E-state index contributed by atoms with van der Waals surface area (Å²) in [5.41, 5.74) is 10.7. The van der Waals surface area contributed by atoms with Crippen LogP contribution in [0.1, 0.15) is 35.7 Å². The Kier molecular flexibility index (Phi) is 7.85. The van der Waals surface area contributed by atoms with Gasteiger partial charge in [0.05, 0.1) is 11.3 Å². The highest BCUT2D eigenvalue weighted by Gasteiger charge is 2.28. The number of primary amides is 1. The minimum absolute atomic E-state index is 0. The van der Waals surface area contributed by atoms with E-state index in [1.54, 1.807) is 0 Å². The number of fused-ring (bicyclic) bond motifs is 2. The molecule has 1 aliphatic heterocycles. The number of hydrogen-bond acceptors (Lipinski definition) is 3. The van der Waals surface area contributed by atoms with Gasteiger partial charge in [-0.05, 0) is 58.1 Å². The summed E-state index contributed by atoms with van der Waals surface area (Å²) < 4.78 is 0. The van der Waals surface area contributed by atoms with Crippen molar-refractivity contribution in [3.05, 3.63) is 76.8 Å². The molecule has 0 bridgehead atoms. The zero-order valence-electron chi connectivity index (χ0n) is 19.9. The van der Waals surface area contributed by atoms with Crippen molar-refractivity contribution >= 4 is 57.1 Å². The fourth-order valence-electron chi connectivity index (χ4n) is 5.25. The summed E-state index contributed by atoms with van der Waals surface area (Å²) in [5, 5.41) is 8.64. The number of hydrogen-bond donors (Lipinski definition) is 2. The molecule has 1 amide bonds. The molecule has 182 valence electrons. The molecule has 4 nitrogen and oxygen atoms in total. The minimum atomic E-state index is -0.372. The van der Waals surface area contributed by atoms with E-state index in [0.29, 0.717) is 10.6 Å². The van der Waals surface area contributed by atoms with Crippen LogP contribution in [0.2, 0.25) is 5.02 Å². The second-order valence-corrected chi connectivity index (χ2v) is 9.41. The fraction of sp³-hybridized carbons (Fsp3) is 0.276. The first-order valence-electron chi connectivity index (χ1n) is 12.1. The van der Waals surface area contributed by atoms with Gasteiger partial charge >= 0.3 is 0 Å². The highest BCUT2D eigenvalue weighted by atomic mass is 35.5. The minimum Gasteiger partial charge on any atom is -0.368 e. The molecular weight excluding hydrogens is 477 g/mol. The van der Waals surface area contributed by atoms with Gasteiger partial charge < -0.3 is 16.0 Å². The number of nitrogens with zero attached hydrogens (tertiary/aromatic N) is 1.